The fraction of sp³-hybridized carbons (Fsp3) is 0.250. The number of benzene rings is 2. The average molecular weight is 635 g/mol. The zero-order valence-corrected chi connectivity index (χ0v) is 28.4. The van der Waals surface area contributed by atoms with Gasteiger partial charge in [-0.25, -0.2) is 29.9 Å². The van der Waals surface area contributed by atoms with Crippen LogP contribution < -0.4 is 69.4 Å². The van der Waals surface area contributed by atoms with Gasteiger partial charge in [0.25, 0.3) is 5.56 Å². The molecule has 0 bridgehead atoms. The molecule has 0 saturated heterocycles. The van der Waals surface area contributed by atoms with Gasteiger partial charge in [0.2, 0.25) is 10.4 Å². The third-order valence-electron chi connectivity index (χ3n) is 5.07. The molecule has 0 radical (unpaired) electrons. The summed E-state index contributed by atoms with van der Waals surface area (Å²) in [4.78, 5) is 12.2. The van der Waals surface area contributed by atoms with Gasteiger partial charge in [0, 0.05) is 6.07 Å². The van der Waals surface area contributed by atoms with Gasteiger partial charge in [0.05, 0.1) is 40.6 Å². The van der Waals surface area contributed by atoms with Crippen LogP contribution in [-0.2, 0) is 34.5 Å². The third-order valence-corrected chi connectivity index (χ3v) is 8.19. The number of nitrogens with zero attached hydrogens (tertiary/aromatic N) is 3. The van der Waals surface area contributed by atoms with Crippen LogP contribution in [0.5, 0.6) is 5.75 Å². The summed E-state index contributed by atoms with van der Waals surface area (Å²) in [7, 11) is -12.6. The van der Waals surface area contributed by atoms with Crippen LogP contribution in [0.2, 0.25) is 0 Å². The Balaban J connectivity index is 0.00000400. The van der Waals surface area contributed by atoms with E-state index in [9.17, 15) is 39.2 Å². The number of nitrogens with one attached hydrogen (secondary N) is 1. The Kier molecular flexibility index (Phi) is 13.0. The van der Waals surface area contributed by atoms with Crippen molar-refractivity contribution in [1.29, 1.82) is 0 Å². The quantitative estimate of drug-likeness (QED) is 0.0965. The Morgan fingerprint density at radius 2 is 1.55 bits per heavy atom. The van der Waals surface area contributed by atoms with Gasteiger partial charge < -0.3 is 13.8 Å². The Morgan fingerprint density at radius 3 is 2.08 bits per heavy atom. The van der Waals surface area contributed by atoms with Crippen LogP contribution >= 0.6 is 0 Å². The van der Waals surface area contributed by atoms with Gasteiger partial charge >= 0.3 is 59.1 Å². The van der Waals surface area contributed by atoms with Crippen LogP contribution in [0.15, 0.2) is 61.2 Å². The van der Waals surface area contributed by atoms with Crippen molar-refractivity contribution in [3.63, 3.8) is 0 Å². The van der Waals surface area contributed by atoms with Crippen LogP contribution in [0.4, 0.5) is 11.4 Å². The van der Waals surface area contributed by atoms with E-state index in [0.29, 0.717) is 5.69 Å². The van der Waals surface area contributed by atoms with Crippen molar-refractivity contribution in [2.45, 2.75) is 23.6 Å². The molecule has 2 aromatic carbocycles. The van der Waals surface area contributed by atoms with Gasteiger partial charge in [-0.1, -0.05) is 0 Å². The van der Waals surface area contributed by atoms with Crippen LogP contribution in [0.25, 0.3) is 5.69 Å². The predicted molar refractivity (Wildman–Crippen MR) is 129 cm³/mol. The Hall–Kier alpha value is -1.42. The van der Waals surface area contributed by atoms with E-state index in [1.807, 2.05) is 0 Å². The van der Waals surface area contributed by atoms with Crippen molar-refractivity contribution in [1.82, 2.24) is 9.78 Å². The zero-order chi connectivity index (χ0) is 28.5. The molecule has 0 aliphatic rings. The summed E-state index contributed by atoms with van der Waals surface area (Å²) >= 11 is 0. The van der Waals surface area contributed by atoms with Crippen molar-refractivity contribution in [3.8, 4) is 11.4 Å². The van der Waals surface area contributed by atoms with E-state index in [-0.39, 0.29) is 92.4 Å². The molecule has 0 spiro atoms. The van der Waals surface area contributed by atoms with Gasteiger partial charge in [-0.3, -0.25) is 14.1 Å². The van der Waals surface area contributed by atoms with Crippen LogP contribution in [0.3, 0.4) is 0 Å². The summed E-state index contributed by atoms with van der Waals surface area (Å²) in [6, 6.07) is 7.08. The Labute approximate surface area is 274 Å². The number of hydrogen-bond acceptors (Lipinski definition) is 13. The largest absolute Gasteiger partial charge is 1.00 e. The minimum Gasteiger partial charge on any atom is -0.744 e. The van der Waals surface area contributed by atoms with Crippen LogP contribution in [0, 0.1) is 13.8 Å². The van der Waals surface area contributed by atoms with Crippen molar-refractivity contribution >= 4 is 41.7 Å². The maximum absolute atomic E-state index is 12.9. The minimum atomic E-state index is -5.06. The SMILES string of the molecule is COc1cc(S(=O)(=O)CCOS(=O)(=O)[O-])c(C)cc1N=Nc1c(C)[nH]n(-c2ccc(S(=O)(=O)[O-])cc2)c1=O.[Na+].[Na+]. The van der Waals surface area contributed by atoms with Crippen LogP contribution in [0.1, 0.15) is 11.3 Å². The van der Waals surface area contributed by atoms with Crippen LogP contribution in [-0.4, -0.2) is 63.6 Å². The standard InChI is InChI=1S/C20H22N4O11S3.2Na/c1-12-10-16(17(34-3)11-18(12)36(26,27)9-8-35-38(31,32)33)21-22-19-13(2)23-24(20(19)25)14-4-6-15(7-5-14)37(28,29)30;;/h4-7,10-11,23H,8-9H2,1-3H3,(H,28,29,30)(H,31,32,33);;/q;2*+1/p-2. The summed E-state index contributed by atoms with van der Waals surface area (Å²) < 4.78 is 100. The molecule has 1 aromatic heterocycles. The minimum absolute atomic E-state index is 0. The summed E-state index contributed by atoms with van der Waals surface area (Å²) in [5.74, 6) is -0.818. The average Bonchev–Trinajstić information content (AvgIpc) is 3.09. The van der Waals surface area contributed by atoms with Crippen molar-refractivity contribution in [3.05, 3.63) is 58.0 Å². The van der Waals surface area contributed by atoms with E-state index >= 15 is 0 Å². The Morgan fingerprint density at radius 1 is 0.950 bits per heavy atom. The molecule has 206 valence electrons. The number of aryl methyl sites for hydroxylation is 2. The summed E-state index contributed by atoms with van der Waals surface area (Å²) in [5, 5.41) is 10.7. The van der Waals surface area contributed by atoms with E-state index < -0.39 is 53.2 Å². The first-order valence-corrected chi connectivity index (χ1v) is 14.7. The van der Waals surface area contributed by atoms with E-state index in [0.717, 1.165) is 22.9 Å². The number of hydrogen-bond donors (Lipinski definition) is 1. The number of methoxy groups -OCH3 is 1. The third kappa shape index (κ3) is 9.04. The monoisotopic (exact) mass is 634 g/mol. The molecule has 15 nitrogen and oxygen atoms in total. The first-order valence-electron chi connectivity index (χ1n) is 10.3. The molecule has 3 aromatic rings. The molecule has 20 heteroatoms. The van der Waals surface area contributed by atoms with Crippen molar-refractivity contribution in [2.24, 2.45) is 10.2 Å². The molecule has 0 fully saturated rings. The molecular weight excluding hydrogens is 614 g/mol. The second kappa shape index (κ2) is 14.2. The topological polar surface area (TPSA) is 230 Å². The first-order chi connectivity index (χ1) is 17.5. The summed E-state index contributed by atoms with van der Waals surface area (Å²) in [6.07, 6.45) is 0. The van der Waals surface area contributed by atoms with Crippen molar-refractivity contribution in [2.75, 3.05) is 19.5 Å². The molecule has 40 heavy (non-hydrogen) atoms. The molecular formula is C20H20N4Na2O11S3. The van der Waals surface area contributed by atoms with Gasteiger partial charge in [0.1, 0.15) is 21.6 Å². The Bertz CT molecular complexity index is 1780. The molecule has 3 rings (SSSR count). The van der Waals surface area contributed by atoms with Gasteiger partial charge in [0.15, 0.2) is 15.5 Å². The number of azo groups is 1. The number of rotatable bonds is 10. The zero-order valence-electron chi connectivity index (χ0n) is 21.9. The van der Waals surface area contributed by atoms with Gasteiger partial charge in [-0.2, -0.15) is 0 Å². The number of aromatic nitrogens is 2. The smallest absolute Gasteiger partial charge is 0.744 e. The van der Waals surface area contributed by atoms with E-state index in [1.54, 1.807) is 0 Å². The summed E-state index contributed by atoms with van der Waals surface area (Å²) in [5.41, 5.74) is 0.0245. The van der Waals surface area contributed by atoms with Gasteiger partial charge in [-0.05, 0) is 49.7 Å². The number of ether oxygens (including phenoxy) is 1. The fourth-order valence-electron chi connectivity index (χ4n) is 3.29. The van der Waals surface area contributed by atoms with Gasteiger partial charge in [-0.15, -0.1) is 10.2 Å². The van der Waals surface area contributed by atoms with E-state index in [2.05, 4.69) is 19.5 Å². The van der Waals surface area contributed by atoms with Crippen molar-refractivity contribution < 1.29 is 102 Å². The molecule has 0 aliphatic carbocycles. The normalized spacial score (nSPS) is 12.1. The second-order valence-electron chi connectivity index (χ2n) is 7.71. The fourth-order valence-corrected chi connectivity index (χ4v) is 5.51. The molecule has 0 amide bonds. The maximum atomic E-state index is 12.9. The second-order valence-corrected chi connectivity index (χ2v) is 12.2. The van der Waals surface area contributed by atoms with E-state index in [1.165, 1.54) is 39.2 Å². The molecule has 0 unspecified atom stereocenters. The first kappa shape index (κ1) is 36.6. The molecule has 1 heterocycles. The summed E-state index contributed by atoms with van der Waals surface area (Å²) in [6.45, 7) is 2.10. The molecule has 0 aliphatic heterocycles. The molecule has 0 atom stereocenters. The molecule has 0 saturated carbocycles. The number of sulfone groups is 1. The number of H-pyrrole nitrogens is 1. The number of aromatic amines is 1. The maximum Gasteiger partial charge on any atom is 1.00 e. The van der Waals surface area contributed by atoms with E-state index in [4.69, 9.17) is 4.74 Å². The predicted octanol–water partition coefficient (Wildman–Crippen LogP) is -4.63. The molecule has 1 N–H and O–H groups in total.